The van der Waals surface area contributed by atoms with Gasteiger partial charge in [-0.3, -0.25) is 0 Å². The highest BCUT2D eigenvalue weighted by atomic mass is 32.1. The van der Waals surface area contributed by atoms with Crippen LogP contribution in [0.3, 0.4) is 0 Å². The van der Waals surface area contributed by atoms with Gasteiger partial charge < -0.3 is 4.57 Å². The van der Waals surface area contributed by atoms with Crippen molar-refractivity contribution in [1.82, 2.24) is 19.5 Å². The standard InChI is InChI=1S/C75H46N4S2/c1-4-19-47(20-5-1)54-42-55(48-21-6-2-7-22-48)44-56(43-54)50-25-16-26-53(41-50)74-76-73(49-23-8-3-9-24-49)77-75(78-74)62-32-18-36-70-71(62)64-46-52(38-40-69(64)80-70)51-37-39-67-63(45-51)58-28-11-14-34-66(58)79(67)65-33-13-10-27-57(65)60-30-17-31-61-59-29-12-15-35-68(59)81-72(60)61/h1-46H. The highest BCUT2D eigenvalue weighted by Gasteiger charge is 2.21. The van der Waals surface area contributed by atoms with Crippen LogP contribution in [-0.4, -0.2) is 19.5 Å². The third-order valence-corrected chi connectivity index (χ3v) is 18.2. The van der Waals surface area contributed by atoms with Crippen LogP contribution < -0.4 is 0 Å². The minimum absolute atomic E-state index is 0.618. The SMILES string of the molecule is c1ccc(-c2cc(-c3ccccc3)cc(-c3cccc(-c4nc(-c5ccccc5)nc(-c5cccc6sc7ccc(-c8ccc9c(c8)c8ccccc8n9-c8ccccc8-c8cccc9c8sc8ccccc89)cc7c56)n4)c3)c2)cc1. The molecule has 0 aliphatic rings. The summed E-state index contributed by atoms with van der Waals surface area (Å²) in [5.41, 5.74) is 18.0. The van der Waals surface area contributed by atoms with Gasteiger partial charge in [0.1, 0.15) is 0 Å². The van der Waals surface area contributed by atoms with Crippen molar-refractivity contribution in [1.29, 1.82) is 0 Å². The van der Waals surface area contributed by atoms with E-state index >= 15 is 0 Å². The molecule has 0 spiro atoms. The van der Waals surface area contributed by atoms with Gasteiger partial charge in [-0.05, 0) is 117 Å². The molecule has 0 N–H and O–H groups in total. The molecule has 0 unspecified atom stereocenters. The van der Waals surface area contributed by atoms with Gasteiger partial charge in [-0.15, -0.1) is 22.7 Å². The van der Waals surface area contributed by atoms with Gasteiger partial charge in [0.05, 0.1) is 16.7 Å². The first-order chi connectivity index (χ1) is 40.1. The van der Waals surface area contributed by atoms with Crippen LogP contribution in [0.5, 0.6) is 0 Å². The molecule has 0 bridgehead atoms. The maximum atomic E-state index is 5.40. The van der Waals surface area contributed by atoms with Gasteiger partial charge >= 0.3 is 0 Å². The molecule has 4 heterocycles. The average Bonchev–Trinajstić information content (AvgIpc) is 4.45. The molecule has 6 heteroatoms. The lowest BCUT2D eigenvalue weighted by Gasteiger charge is -2.15. The summed E-state index contributed by atoms with van der Waals surface area (Å²) in [6, 6.07) is 101. The summed E-state index contributed by atoms with van der Waals surface area (Å²) in [6.07, 6.45) is 0. The van der Waals surface area contributed by atoms with Crippen LogP contribution in [0.4, 0.5) is 0 Å². The van der Waals surface area contributed by atoms with E-state index in [9.17, 15) is 0 Å². The summed E-state index contributed by atoms with van der Waals surface area (Å²) in [6.45, 7) is 0. The van der Waals surface area contributed by atoms with E-state index in [4.69, 9.17) is 15.0 Å². The predicted octanol–water partition coefficient (Wildman–Crippen LogP) is 21.0. The third-order valence-electron chi connectivity index (χ3n) is 15.9. The highest BCUT2D eigenvalue weighted by Crippen LogP contribution is 2.46. The Labute approximate surface area is 475 Å². The van der Waals surface area contributed by atoms with E-state index in [-0.39, 0.29) is 0 Å². The molecular formula is C75H46N4S2. The van der Waals surface area contributed by atoms with Crippen molar-refractivity contribution in [3.05, 3.63) is 279 Å². The van der Waals surface area contributed by atoms with E-state index < -0.39 is 0 Å². The number of nitrogens with zero attached hydrogens (tertiary/aromatic N) is 4. The van der Waals surface area contributed by atoms with Crippen molar-refractivity contribution in [3.8, 4) is 95.5 Å². The number of hydrogen-bond donors (Lipinski definition) is 0. The summed E-state index contributed by atoms with van der Waals surface area (Å²) in [5, 5.41) is 7.35. The predicted molar refractivity (Wildman–Crippen MR) is 343 cm³/mol. The Hall–Kier alpha value is -10.1. The smallest absolute Gasteiger partial charge is 0.164 e. The van der Waals surface area contributed by atoms with E-state index in [1.54, 1.807) is 11.3 Å². The Kier molecular flexibility index (Phi) is 11.2. The monoisotopic (exact) mass is 1070 g/mol. The molecule has 16 rings (SSSR count). The molecule has 0 atom stereocenters. The fraction of sp³-hybridized carbons (Fsp3) is 0. The number of hydrogen-bond acceptors (Lipinski definition) is 5. The zero-order valence-electron chi connectivity index (χ0n) is 43.7. The van der Waals surface area contributed by atoms with Crippen molar-refractivity contribution in [2.24, 2.45) is 0 Å². The van der Waals surface area contributed by atoms with Gasteiger partial charge in [0.15, 0.2) is 17.5 Å². The normalized spacial score (nSPS) is 11.7. The second kappa shape index (κ2) is 19.4. The number of para-hydroxylation sites is 2. The van der Waals surface area contributed by atoms with Gasteiger partial charge in [0.2, 0.25) is 0 Å². The van der Waals surface area contributed by atoms with Crippen LogP contribution in [0.1, 0.15) is 0 Å². The van der Waals surface area contributed by atoms with Crippen LogP contribution in [0.25, 0.3) is 158 Å². The molecule has 81 heavy (non-hydrogen) atoms. The molecule has 0 aliphatic carbocycles. The van der Waals surface area contributed by atoms with Crippen LogP contribution >= 0.6 is 22.7 Å². The molecule has 0 fully saturated rings. The quantitative estimate of drug-likeness (QED) is 0.145. The fourth-order valence-electron chi connectivity index (χ4n) is 12.0. The minimum atomic E-state index is 0.618. The van der Waals surface area contributed by atoms with Gasteiger partial charge in [-0.1, -0.05) is 206 Å². The molecule has 4 aromatic heterocycles. The lowest BCUT2D eigenvalue weighted by Crippen LogP contribution is -2.00. The second-order valence-corrected chi connectivity index (χ2v) is 22.8. The number of aromatic nitrogens is 4. The van der Waals surface area contributed by atoms with E-state index in [1.165, 1.54) is 79.0 Å². The first kappa shape index (κ1) is 46.9. The third kappa shape index (κ3) is 8.14. The Bertz CT molecular complexity index is 5060. The van der Waals surface area contributed by atoms with E-state index in [0.717, 1.165) is 61.1 Å². The zero-order valence-corrected chi connectivity index (χ0v) is 45.3. The maximum absolute atomic E-state index is 5.40. The summed E-state index contributed by atoms with van der Waals surface area (Å²) in [5.74, 6) is 1.88. The van der Waals surface area contributed by atoms with Gasteiger partial charge in [0.25, 0.3) is 0 Å². The Morgan fingerprint density at radius 1 is 0.247 bits per heavy atom. The van der Waals surface area contributed by atoms with Crippen LogP contribution in [0.15, 0.2) is 279 Å². The molecule has 0 saturated carbocycles. The largest absolute Gasteiger partial charge is 0.309 e. The molecule has 12 aromatic carbocycles. The molecule has 0 radical (unpaired) electrons. The highest BCUT2D eigenvalue weighted by molar-refractivity contribution is 7.26. The van der Waals surface area contributed by atoms with Crippen molar-refractivity contribution in [2.75, 3.05) is 0 Å². The van der Waals surface area contributed by atoms with Gasteiger partial charge in [-0.2, -0.15) is 0 Å². The van der Waals surface area contributed by atoms with Crippen molar-refractivity contribution < 1.29 is 0 Å². The van der Waals surface area contributed by atoms with Crippen LogP contribution in [0.2, 0.25) is 0 Å². The molecule has 4 nitrogen and oxygen atoms in total. The Morgan fingerprint density at radius 3 is 1.51 bits per heavy atom. The molecule has 378 valence electrons. The topological polar surface area (TPSA) is 43.6 Å². The van der Waals surface area contributed by atoms with Gasteiger partial charge in [-0.25, -0.2) is 15.0 Å². The Balaban J connectivity index is 0.818. The van der Waals surface area contributed by atoms with Crippen molar-refractivity contribution >= 4 is 84.8 Å². The van der Waals surface area contributed by atoms with Crippen molar-refractivity contribution in [3.63, 3.8) is 0 Å². The summed E-state index contributed by atoms with van der Waals surface area (Å²) >= 11 is 3.68. The molecular weight excluding hydrogens is 1020 g/mol. The summed E-state index contributed by atoms with van der Waals surface area (Å²) in [7, 11) is 0. The number of fused-ring (bicyclic) bond motifs is 9. The lowest BCUT2D eigenvalue weighted by molar-refractivity contribution is 1.08. The minimum Gasteiger partial charge on any atom is -0.309 e. The second-order valence-electron chi connectivity index (χ2n) is 20.7. The number of thiophene rings is 2. The molecule has 16 aromatic rings. The summed E-state index contributed by atoms with van der Waals surface area (Å²) in [4.78, 5) is 15.9. The zero-order chi connectivity index (χ0) is 53.4. The van der Waals surface area contributed by atoms with Crippen molar-refractivity contribution in [2.45, 2.75) is 0 Å². The van der Waals surface area contributed by atoms with Crippen LogP contribution in [-0.2, 0) is 0 Å². The molecule has 0 aliphatic heterocycles. The lowest BCUT2D eigenvalue weighted by atomic mass is 9.93. The first-order valence-corrected chi connectivity index (χ1v) is 28.9. The van der Waals surface area contributed by atoms with E-state index in [1.807, 2.05) is 29.5 Å². The van der Waals surface area contributed by atoms with Gasteiger partial charge in [0, 0.05) is 78.9 Å². The summed E-state index contributed by atoms with van der Waals surface area (Å²) < 4.78 is 7.47. The molecule has 0 saturated heterocycles. The number of benzene rings is 12. The number of rotatable bonds is 9. The van der Waals surface area contributed by atoms with E-state index in [0.29, 0.717) is 17.5 Å². The van der Waals surface area contributed by atoms with E-state index in [2.05, 4.69) is 265 Å². The first-order valence-electron chi connectivity index (χ1n) is 27.3. The average molecular weight is 1070 g/mol. The maximum Gasteiger partial charge on any atom is 0.164 e. The van der Waals surface area contributed by atoms with Crippen LogP contribution in [0, 0.1) is 0 Å². The Morgan fingerprint density at radius 2 is 0.728 bits per heavy atom. The fourth-order valence-corrected chi connectivity index (χ4v) is 14.4. The molecule has 0 amide bonds.